The van der Waals surface area contributed by atoms with Crippen LogP contribution in [0.2, 0.25) is 0 Å². The third kappa shape index (κ3) is 3.24. The molecule has 0 radical (unpaired) electrons. The van der Waals surface area contributed by atoms with Gasteiger partial charge in [-0.2, -0.15) is 11.3 Å². The molecule has 1 saturated heterocycles. The van der Waals surface area contributed by atoms with Crippen molar-refractivity contribution in [3.05, 3.63) is 52.2 Å². The summed E-state index contributed by atoms with van der Waals surface area (Å²) in [5, 5.41) is 4.07. The Balaban J connectivity index is 1.36. The fraction of sp³-hybridized carbons (Fsp3) is 0.455. The number of amides is 1. The van der Waals surface area contributed by atoms with Crippen LogP contribution in [0.3, 0.4) is 0 Å². The summed E-state index contributed by atoms with van der Waals surface area (Å²) >= 11 is 1.63. The Morgan fingerprint density at radius 2 is 2.00 bits per heavy atom. The van der Waals surface area contributed by atoms with E-state index < -0.39 is 0 Å². The lowest BCUT2D eigenvalue weighted by atomic mass is 9.84. The van der Waals surface area contributed by atoms with E-state index in [2.05, 4.69) is 4.57 Å². The van der Waals surface area contributed by atoms with Gasteiger partial charge in [0, 0.05) is 31.1 Å². The summed E-state index contributed by atoms with van der Waals surface area (Å²) in [7, 11) is 0. The summed E-state index contributed by atoms with van der Waals surface area (Å²) in [6.45, 7) is 1.55. The van der Waals surface area contributed by atoms with Crippen molar-refractivity contribution in [1.82, 2.24) is 14.5 Å². The summed E-state index contributed by atoms with van der Waals surface area (Å²) in [6.07, 6.45) is 5.94. The Hall–Kier alpha value is -2.21. The van der Waals surface area contributed by atoms with Crippen LogP contribution in [-0.4, -0.2) is 33.4 Å². The van der Waals surface area contributed by atoms with Crippen molar-refractivity contribution >= 4 is 28.3 Å². The average Bonchev–Trinajstić information content (AvgIpc) is 3.27. The number of carbonyl (C=O) groups is 1. The van der Waals surface area contributed by atoms with E-state index in [1.807, 2.05) is 27.8 Å². The number of imidazole rings is 1. The minimum absolute atomic E-state index is 0.216. The van der Waals surface area contributed by atoms with Crippen LogP contribution < -0.4 is 0 Å². The second-order valence-corrected chi connectivity index (χ2v) is 8.80. The number of hydrogen-bond acceptors (Lipinski definition) is 3. The van der Waals surface area contributed by atoms with E-state index in [9.17, 15) is 9.18 Å². The molecule has 1 saturated carbocycles. The van der Waals surface area contributed by atoms with Gasteiger partial charge in [0.1, 0.15) is 11.6 Å². The van der Waals surface area contributed by atoms with Crippen LogP contribution >= 0.6 is 11.3 Å². The van der Waals surface area contributed by atoms with E-state index >= 15 is 0 Å². The number of carbonyl (C=O) groups excluding carboxylic acids is 1. The number of halogens is 1. The lowest BCUT2D eigenvalue weighted by Crippen LogP contribution is -2.40. The quantitative estimate of drug-likeness (QED) is 0.627. The molecule has 28 heavy (non-hydrogen) atoms. The second kappa shape index (κ2) is 7.32. The first-order valence-electron chi connectivity index (χ1n) is 10.2. The van der Waals surface area contributed by atoms with Gasteiger partial charge in [0.2, 0.25) is 5.91 Å². The molecule has 4 nitrogen and oxygen atoms in total. The molecule has 1 aromatic carbocycles. The fourth-order valence-corrected chi connectivity index (χ4v) is 5.15. The number of hydrogen-bond donors (Lipinski definition) is 0. The van der Waals surface area contributed by atoms with E-state index in [1.165, 1.54) is 25.3 Å². The molecule has 5 rings (SSSR count). The maximum Gasteiger partial charge on any atom is 0.227 e. The molecule has 2 fully saturated rings. The van der Waals surface area contributed by atoms with Crippen LogP contribution in [0.5, 0.6) is 0 Å². The topological polar surface area (TPSA) is 38.1 Å². The van der Waals surface area contributed by atoms with Gasteiger partial charge in [0.25, 0.3) is 0 Å². The van der Waals surface area contributed by atoms with Crippen molar-refractivity contribution in [2.75, 3.05) is 13.1 Å². The molecule has 3 heterocycles. The zero-order chi connectivity index (χ0) is 19.1. The lowest BCUT2D eigenvalue weighted by Gasteiger charge is -2.35. The van der Waals surface area contributed by atoms with Crippen LogP contribution in [-0.2, 0) is 11.2 Å². The van der Waals surface area contributed by atoms with Crippen molar-refractivity contribution in [2.45, 2.75) is 50.5 Å². The fourth-order valence-electron chi connectivity index (χ4n) is 4.48. The number of nitrogens with zero attached hydrogens (tertiary/aromatic N) is 3. The zero-order valence-electron chi connectivity index (χ0n) is 15.8. The van der Waals surface area contributed by atoms with Gasteiger partial charge in [0.15, 0.2) is 0 Å². The summed E-state index contributed by atoms with van der Waals surface area (Å²) in [6, 6.07) is 7.31. The molecule has 1 aliphatic heterocycles. The number of fused-ring (bicyclic) bond motifs is 1. The Kier molecular flexibility index (Phi) is 4.67. The summed E-state index contributed by atoms with van der Waals surface area (Å²) < 4.78 is 16.1. The molecule has 0 atom stereocenters. The minimum Gasteiger partial charge on any atom is -0.342 e. The van der Waals surface area contributed by atoms with Crippen molar-refractivity contribution in [3.63, 3.8) is 0 Å². The van der Waals surface area contributed by atoms with E-state index in [1.54, 1.807) is 17.4 Å². The number of likely N-dealkylation sites (tertiary alicyclic amines) is 1. The monoisotopic (exact) mass is 397 g/mol. The molecule has 0 spiro atoms. The first-order chi connectivity index (χ1) is 13.7. The van der Waals surface area contributed by atoms with Gasteiger partial charge in [-0.1, -0.05) is 6.42 Å². The maximum atomic E-state index is 13.7. The van der Waals surface area contributed by atoms with Crippen LogP contribution in [0.1, 0.15) is 55.5 Å². The highest BCUT2D eigenvalue weighted by Crippen LogP contribution is 2.40. The number of aromatic nitrogens is 2. The maximum absolute atomic E-state index is 13.7. The number of benzene rings is 1. The highest BCUT2D eigenvalue weighted by atomic mass is 32.1. The summed E-state index contributed by atoms with van der Waals surface area (Å²) in [5.41, 5.74) is 2.90. The largest absolute Gasteiger partial charge is 0.342 e. The smallest absolute Gasteiger partial charge is 0.227 e. The Morgan fingerprint density at radius 1 is 1.18 bits per heavy atom. The summed E-state index contributed by atoms with van der Waals surface area (Å²) in [5.74, 6) is 1.60. The molecule has 0 bridgehead atoms. The van der Waals surface area contributed by atoms with Gasteiger partial charge in [-0.05, 0) is 60.2 Å². The normalized spacial score (nSPS) is 18.5. The zero-order valence-corrected chi connectivity index (χ0v) is 16.6. The van der Waals surface area contributed by atoms with Gasteiger partial charge in [-0.25, -0.2) is 9.37 Å². The predicted octanol–water partition coefficient (Wildman–Crippen LogP) is 4.91. The van der Waals surface area contributed by atoms with Crippen molar-refractivity contribution in [3.8, 4) is 0 Å². The molecule has 6 heteroatoms. The molecular weight excluding hydrogens is 373 g/mol. The van der Waals surface area contributed by atoms with E-state index in [4.69, 9.17) is 4.98 Å². The van der Waals surface area contributed by atoms with Gasteiger partial charge < -0.3 is 9.47 Å². The molecule has 0 unspecified atom stereocenters. The van der Waals surface area contributed by atoms with Crippen LogP contribution in [0.25, 0.3) is 11.0 Å². The highest BCUT2D eigenvalue weighted by molar-refractivity contribution is 7.08. The molecule has 2 aliphatic rings. The van der Waals surface area contributed by atoms with Crippen LogP contribution in [0.4, 0.5) is 4.39 Å². The van der Waals surface area contributed by atoms with Crippen molar-refractivity contribution < 1.29 is 9.18 Å². The Bertz CT molecular complexity index is 985. The van der Waals surface area contributed by atoms with Gasteiger partial charge in [-0.3, -0.25) is 4.79 Å². The van der Waals surface area contributed by atoms with Crippen LogP contribution in [0, 0.1) is 5.82 Å². The molecule has 3 aromatic rings. The molecule has 0 N–H and O–H groups in total. The van der Waals surface area contributed by atoms with Crippen molar-refractivity contribution in [2.24, 2.45) is 0 Å². The predicted molar refractivity (Wildman–Crippen MR) is 109 cm³/mol. The number of rotatable bonds is 4. The molecular formula is C22H24FN3OS. The third-order valence-corrected chi connectivity index (χ3v) is 7.00. The number of piperidine rings is 1. The SMILES string of the molecule is O=C(Cc1ccsc1)N1CCC(n2c(C3CCC3)nc3cc(F)ccc32)CC1. The second-order valence-electron chi connectivity index (χ2n) is 8.02. The highest BCUT2D eigenvalue weighted by Gasteiger charge is 2.31. The van der Waals surface area contributed by atoms with Crippen LogP contribution in [0.15, 0.2) is 35.0 Å². The van der Waals surface area contributed by atoms with E-state index in [0.717, 1.165) is 48.4 Å². The first kappa shape index (κ1) is 17.9. The first-order valence-corrected chi connectivity index (χ1v) is 11.1. The lowest BCUT2D eigenvalue weighted by molar-refractivity contribution is -0.131. The van der Waals surface area contributed by atoms with E-state index in [0.29, 0.717) is 18.4 Å². The standard InChI is InChI=1S/C22H24FN3OS/c23-17-4-5-20-19(13-17)24-22(16-2-1-3-16)26(20)18-6-9-25(10-7-18)21(27)12-15-8-11-28-14-15/h4-5,8,11,13-14,16,18H,1-3,6-7,9-10,12H2. The van der Waals surface area contributed by atoms with Gasteiger partial charge >= 0.3 is 0 Å². The summed E-state index contributed by atoms with van der Waals surface area (Å²) in [4.78, 5) is 19.4. The number of thiophene rings is 1. The molecule has 1 aliphatic carbocycles. The average molecular weight is 398 g/mol. The molecule has 1 amide bonds. The van der Waals surface area contributed by atoms with Crippen molar-refractivity contribution in [1.29, 1.82) is 0 Å². The van der Waals surface area contributed by atoms with E-state index in [-0.39, 0.29) is 11.7 Å². The molecule has 146 valence electrons. The molecule has 2 aromatic heterocycles. The van der Waals surface area contributed by atoms with Gasteiger partial charge in [-0.15, -0.1) is 0 Å². The minimum atomic E-state index is -0.230. The third-order valence-electron chi connectivity index (χ3n) is 6.27. The Morgan fingerprint density at radius 3 is 2.68 bits per heavy atom. The van der Waals surface area contributed by atoms with Gasteiger partial charge in [0.05, 0.1) is 17.5 Å². The Labute approximate surface area is 168 Å².